The van der Waals surface area contributed by atoms with Gasteiger partial charge in [0.2, 0.25) is 0 Å². The van der Waals surface area contributed by atoms with Crippen LogP contribution in [0.25, 0.3) is 0 Å². The van der Waals surface area contributed by atoms with Crippen LogP contribution >= 0.6 is 23.2 Å². The minimum absolute atomic E-state index is 0.194. The molecule has 0 spiro atoms. The molecule has 0 atom stereocenters. The second-order valence-electron chi connectivity index (χ2n) is 5.07. The van der Waals surface area contributed by atoms with Gasteiger partial charge in [0, 0.05) is 13.1 Å². The molecule has 23 heavy (non-hydrogen) atoms. The predicted molar refractivity (Wildman–Crippen MR) is 93.5 cm³/mol. The monoisotopic (exact) mass is 353 g/mol. The molecule has 0 aliphatic rings. The first kappa shape index (κ1) is 17.5. The Hall–Kier alpha value is -1.89. The second-order valence-corrected chi connectivity index (χ2v) is 5.86. The number of amides is 1. The summed E-state index contributed by atoms with van der Waals surface area (Å²) < 4.78 is 0. The van der Waals surface area contributed by atoms with E-state index in [1.54, 1.807) is 18.2 Å². The van der Waals surface area contributed by atoms with Crippen LogP contribution in [0.3, 0.4) is 0 Å². The Labute approximate surface area is 144 Å². The number of hydrogen-bond donors (Lipinski definition) is 2. The molecule has 0 bridgehead atoms. The lowest BCUT2D eigenvalue weighted by Gasteiger charge is -2.11. The lowest BCUT2D eigenvalue weighted by atomic mass is 10.3. The van der Waals surface area contributed by atoms with Crippen molar-refractivity contribution in [3.8, 4) is 0 Å². The van der Waals surface area contributed by atoms with Gasteiger partial charge in [-0.05, 0) is 26.2 Å². The van der Waals surface area contributed by atoms with E-state index in [0.717, 1.165) is 13.1 Å². The van der Waals surface area contributed by atoms with E-state index in [0.29, 0.717) is 16.5 Å². The zero-order valence-corrected chi connectivity index (χ0v) is 14.3. The van der Waals surface area contributed by atoms with E-state index in [1.165, 1.54) is 12.4 Å². The van der Waals surface area contributed by atoms with Crippen molar-refractivity contribution in [2.24, 2.45) is 0 Å². The molecular formula is C15H17Cl2N5O. The minimum Gasteiger partial charge on any atom is -0.368 e. The molecule has 1 aromatic heterocycles. The van der Waals surface area contributed by atoms with Gasteiger partial charge >= 0.3 is 0 Å². The average Bonchev–Trinajstić information content (AvgIpc) is 2.52. The summed E-state index contributed by atoms with van der Waals surface area (Å²) in [5.74, 6) is 0.214. The number of nitrogens with one attached hydrogen (secondary N) is 2. The molecule has 0 fully saturated rings. The number of halogens is 2. The van der Waals surface area contributed by atoms with Gasteiger partial charge in [0.15, 0.2) is 0 Å². The first-order chi connectivity index (χ1) is 11.0. The van der Waals surface area contributed by atoms with Crippen LogP contribution in [-0.2, 0) is 0 Å². The van der Waals surface area contributed by atoms with Gasteiger partial charge in [-0.2, -0.15) is 0 Å². The number of hydrogen-bond acceptors (Lipinski definition) is 5. The minimum atomic E-state index is -0.401. The molecule has 0 radical (unpaired) electrons. The van der Waals surface area contributed by atoms with Gasteiger partial charge in [0.1, 0.15) is 11.5 Å². The standard InChI is InChI=1S/C15H17Cl2N5O/c1-22(2)7-6-18-13-9-19-12(8-20-13)15(23)21-11-5-3-4-10(16)14(11)17/h3-5,8-9H,6-7H2,1-2H3,(H,18,20)(H,21,23). The third-order valence-corrected chi connectivity index (χ3v) is 3.77. The molecule has 0 saturated carbocycles. The van der Waals surface area contributed by atoms with E-state index >= 15 is 0 Å². The molecule has 122 valence electrons. The van der Waals surface area contributed by atoms with Crippen molar-refractivity contribution in [2.45, 2.75) is 0 Å². The van der Waals surface area contributed by atoms with Gasteiger partial charge in [-0.25, -0.2) is 9.97 Å². The Balaban J connectivity index is 1.98. The fraction of sp³-hybridized carbons (Fsp3) is 0.267. The van der Waals surface area contributed by atoms with Gasteiger partial charge in [-0.3, -0.25) is 4.79 Å². The van der Waals surface area contributed by atoms with Gasteiger partial charge in [0.05, 0.1) is 28.1 Å². The Bertz CT molecular complexity index is 676. The Morgan fingerprint density at radius 1 is 1.22 bits per heavy atom. The number of nitrogens with zero attached hydrogens (tertiary/aromatic N) is 3. The summed E-state index contributed by atoms with van der Waals surface area (Å²) >= 11 is 11.9. The molecule has 1 aromatic carbocycles. The maximum Gasteiger partial charge on any atom is 0.275 e. The van der Waals surface area contributed by atoms with Crippen molar-refractivity contribution >= 4 is 40.6 Å². The molecule has 2 aromatic rings. The summed E-state index contributed by atoms with van der Waals surface area (Å²) in [4.78, 5) is 22.5. The number of aromatic nitrogens is 2. The summed E-state index contributed by atoms with van der Waals surface area (Å²) in [6.07, 6.45) is 2.93. The summed E-state index contributed by atoms with van der Waals surface area (Å²) in [7, 11) is 3.98. The smallest absolute Gasteiger partial charge is 0.275 e. The van der Waals surface area contributed by atoms with Crippen LogP contribution in [0.5, 0.6) is 0 Å². The molecule has 2 N–H and O–H groups in total. The Morgan fingerprint density at radius 2 is 2.00 bits per heavy atom. The first-order valence-corrected chi connectivity index (χ1v) is 7.69. The van der Waals surface area contributed by atoms with Crippen molar-refractivity contribution in [2.75, 3.05) is 37.8 Å². The zero-order chi connectivity index (χ0) is 16.8. The van der Waals surface area contributed by atoms with E-state index in [-0.39, 0.29) is 10.7 Å². The average molecular weight is 354 g/mol. The quantitative estimate of drug-likeness (QED) is 0.835. The van der Waals surface area contributed by atoms with Crippen molar-refractivity contribution in [1.82, 2.24) is 14.9 Å². The van der Waals surface area contributed by atoms with Gasteiger partial charge in [-0.1, -0.05) is 29.3 Å². The fourth-order valence-corrected chi connectivity index (χ4v) is 2.08. The molecule has 0 unspecified atom stereocenters. The van der Waals surface area contributed by atoms with E-state index < -0.39 is 5.91 Å². The number of rotatable bonds is 6. The van der Waals surface area contributed by atoms with Crippen molar-refractivity contribution in [1.29, 1.82) is 0 Å². The number of carbonyl (C=O) groups excluding carboxylic acids is 1. The largest absolute Gasteiger partial charge is 0.368 e. The summed E-state index contributed by atoms with van der Waals surface area (Å²) in [6.45, 7) is 1.61. The zero-order valence-electron chi connectivity index (χ0n) is 12.8. The highest BCUT2D eigenvalue weighted by Crippen LogP contribution is 2.29. The maximum absolute atomic E-state index is 12.1. The van der Waals surface area contributed by atoms with Crippen molar-refractivity contribution in [3.05, 3.63) is 46.3 Å². The van der Waals surface area contributed by atoms with E-state index in [9.17, 15) is 4.79 Å². The van der Waals surface area contributed by atoms with E-state index in [2.05, 4.69) is 25.5 Å². The summed E-state index contributed by atoms with van der Waals surface area (Å²) in [5.41, 5.74) is 0.623. The molecule has 0 saturated heterocycles. The van der Waals surface area contributed by atoms with Crippen molar-refractivity contribution in [3.63, 3.8) is 0 Å². The van der Waals surface area contributed by atoms with Crippen LogP contribution in [0.2, 0.25) is 10.0 Å². The Kier molecular flexibility index (Phi) is 6.15. The predicted octanol–water partition coefficient (Wildman–Crippen LogP) is 3.01. The van der Waals surface area contributed by atoms with Crippen LogP contribution < -0.4 is 10.6 Å². The van der Waals surface area contributed by atoms with Gasteiger partial charge in [0.25, 0.3) is 5.91 Å². The highest BCUT2D eigenvalue weighted by Gasteiger charge is 2.12. The second kappa shape index (κ2) is 8.10. The number of benzene rings is 1. The van der Waals surface area contributed by atoms with E-state index in [1.807, 2.05) is 14.1 Å². The first-order valence-electron chi connectivity index (χ1n) is 6.93. The topological polar surface area (TPSA) is 70.2 Å². The highest BCUT2D eigenvalue weighted by molar-refractivity contribution is 6.44. The highest BCUT2D eigenvalue weighted by atomic mass is 35.5. The molecule has 0 aliphatic heterocycles. The molecule has 1 amide bonds. The molecule has 2 rings (SSSR count). The van der Waals surface area contributed by atoms with Gasteiger partial charge in [-0.15, -0.1) is 0 Å². The Morgan fingerprint density at radius 3 is 2.65 bits per heavy atom. The SMILES string of the molecule is CN(C)CCNc1cnc(C(=O)Nc2cccc(Cl)c2Cl)cn1. The molecule has 1 heterocycles. The lowest BCUT2D eigenvalue weighted by molar-refractivity contribution is 0.102. The fourth-order valence-electron chi connectivity index (χ4n) is 1.73. The van der Waals surface area contributed by atoms with Crippen molar-refractivity contribution < 1.29 is 4.79 Å². The third kappa shape index (κ3) is 5.06. The summed E-state index contributed by atoms with van der Waals surface area (Å²) in [6, 6.07) is 5.01. The lowest BCUT2D eigenvalue weighted by Crippen LogP contribution is -2.21. The molecule has 8 heteroatoms. The summed E-state index contributed by atoms with van der Waals surface area (Å²) in [5, 5.41) is 6.44. The van der Waals surface area contributed by atoms with Crippen LogP contribution in [0.1, 0.15) is 10.5 Å². The van der Waals surface area contributed by atoms with E-state index in [4.69, 9.17) is 23.2 Å². The van der Waals surface area contributed by atoms with Crippen LogP contribution in [0.15, 0.2) is 30.6 Å². The van der Waals surface area contributed by atoms with Crippen LogP contribution in [0.4, 0.5) is 11.5 Å². The van der Waals surface area contributed by atoms with Gasteiger partial charge < -0.3 is 15.5 Å². The third-order valence-electron chi connectivity index (χ3n) is 2.95. The maximum atomic E-state index is 12.1. The number of anilines is 2. The molecule has 0 aliphatic carbocycles. The van der Waals surface area contributed by atoms with Crippen LogP contribution in [-0.4, -0.2) is 48.0 Å². The normalized spacial score (nSPS) is 10.7. The van der Waals surface area contributed by atoms with Crippen LogP contribution in [0, 0.1) is 0 Å². The number of likely N-dealkylation sites (N-methyl/N-ethyl adjacent to an activating group) is 1. The number of carbonyl (C=O) groups is 1. The molecular weight excluding hydrogens is 337 g/mol. The molecule has 6 nitrogen and oxygen atoms in total.